The van der Waals surface area contributed by atoms with Crippen molar-refractivity contribution in [3.05, 3.63) is 40.4 Å². The highest BCUT2D eigenvalue weighted by atomic mass is 79.9. The summed E-state index contributed by atoms with van der Waals surface area (Å²) in [6, 6.07) is 4.74. The van der Waals surface area contributed by atoms with E-state index in [0.717, 1.165) is 11.3 Å². The highest BCUT2D eigenvalue weighted by Crippen LogP contribution is 2.26. The number of halogens is 2. The molecule has 18 heavy (non-hydrogen) atoms. The fraction of sp³-hybridized carbons (Fsp3) is 0.0909. The van der Waals surface area contributed by atoms with Crippen LogP contribution in [0.25, 0.3) is 0 Å². The van der Waals surface area contributed by atoms with Crippen molar-refractivity contribution in [1.82, 2.24) is 9.97 Å². The molecule has 0 unspecified atom stereocenters. The van der Waals surface area contributed by atoms with Crippen LogP contribution in [0.1, 0.15) is 5.56 Å². The third-order valence-electron chi connectivity index (χ3n) is 2.34. The second-order valence-electron chi connectivity index (χ2n) is 3.64. The Hall–Kier alpha value is -1.73. The van der Waals surface area contributed by atoms with Gasteiger partial charge in [0.1, 0.15) is 23.8 Å². The van der Waals surface area contributed by atoms with Crippen LogP contribution in [0.2, 0.25) is 0 Å². The lowest BCUT2D eigenvalue weighted by Gasteiger charge is -2.10. The van der Waals surface area contributed by atoms with Crippen LogP contribution in [0, 0.1) is 12.7 Å². The number of nitrogens with two attached hydrogens (primary N) is 1. The van der Waals surface area contributed by atoms with Gasteiger partial charge in [0.05, 0.1) is 4.47 Å². The normalized spacial score (nSPS) is 10.2. The third-order valence-corrected chi connectivity index (χ3v) is 2.95. The zero-order valence-corrected chi connectivity index (χ0v) is 11.1. The summed E-state index contributed by atoms with van der Waals surface area (Å²) >= 11 is 3.14. The molecule has 0 aliphatic heterocycles. The quantitative estimate of drug-likeness (QED) is 0.600. The molecule has 1 aromatic heterocycles. The van der Waals surface area contributed by atoms with Crippen LogP contribution in [0.3, 0.4) is 0 Å². The first kappa shape index (κ1) is 12.7. The van der Waals surface area contributed by atoms with Crippen LogP contribution < -0.4 is 16.6 Å². The molecule has 0 spiro atoms. The SMILES string of the molecule is Cc1cc(F)c(Br)cc1Nc1cc(NN)ncn1. The molecule has 2 rings (SSSR count). The second kappa shape index (κ2) is 5.28. The maximum Gasteiger partial charge on any atom is 0.145 e. The zero-order chi connectivity index (χ0) is 13.1. The number of hydrogen-bond donors (Lipinski definition) is 3. The highest BCUT2D eigenvalue weighted by molar-refractivity contribution is 9.10. The Morgan fingerprint density at radius 1 is 1.22 bits per heavy atom. The molecule has 0 atom stereocenters. The van der Waals surface area contributed by atoms with Crippen molar-refractivity contribution in [3.8, 4) is 0 Å². The summed E-state index contributed by atoms with van der Waals surface area (Å²) in [6.45, 7) is 1.81. The number of nitrogens with one attached hydrogen (secondary N) is 2. The molecule has 0 aliphatic carbocycles. The van der Waals surface area contributed by atoms with Crippen molar-refractivity contribution in [1.29, 1.82) is 0 Å². The van der Waals surface area contributed by atoms with Crippen molar-refractivity contribution in [2.75, 3.05) is 10.7 Å². The molecule has 7 heteroatoms. The van der Waals surface area contributed by atoms with Crippen LogP contribution >= 0.6 is 15.9 Å². The Morgan fingerprint density at radius 3 is 2.67 bits per heavy atom. The average molecular weight is 312 g/mol. The van der Waals surface area contributed by atoms with Gasteiger partial charge in [-0.05, 0) is 40.5 Å². The van der Waals surface area contributed by atoms with Crippen molar-refractivity contribution >= 4 is 33.3 Å². The van der Waals surface area contributed by atoms with Gasteiger partial charge in [0.15, 0.2) is 0 Å². The lowest BCUT2D eigenvalue weighted by Crippen LogP contribution is -2.09. The van der Waals surface area contributed by atoms with Crippen molar-refractivity contribution in [2.45, 2.75) is 6.92 Å². The molecule has 1 heterocycles. The number of nitrogen functional groups attached to an aromatic ring is 1. The van der Waals surface area contributed by atoms with Crippen molar-refractivity contribution in [2.24, 2.45) is 5.84 Å². The van der Waals surface area contributed by atoms with Crippen LogP contribution in [0.15, 0.2) is 29.0 Å². The van der Waals surface area contributed by atoms with Gasteiger partial charge in [-0.1, -0.05) is 0 Å². The number of nitrogens with zero attached hydrogens (tertiary/aromatic N) is 2. The summed E-state index contributed by atoms with van der Waals surface area (Å²) in [7, 11) is 0. The molecule has 0 bridgehead atoms. The Labute approximate surface area is 112 Å². The van der Waals surface area contributed by atoms with Crippen LogP contribution in [0.4, 0.5) is 21.7 Å². The number of anilines is 3. The zero-order valence-electron chi connectivity index (χ0n) is 9.54. The third kappa shape index (κ3) is 2.74. The summed E-state index contributed by atoms with van der Waals surface area (Å²) < 4.78 is 13.7. The van der Waals surface area contributed by atoms with Gasteiger partial charge >= 0.3 is 0 Å². The number of rotatable bonds is 3. The summed E-state index contributed by atoms with van der Waals surface area (Å²) in [5.41, 5.74) is 3.96. The largest absolute Gasteiger partial charge is 0.340 e. The Kier molecular flexibility index (Phi) is 3.73. The Balaban J connectivity index is 2.30. The van der Waals surface area contributed by atoms with E-state index in [9.17, 15) is 4.39 Å². The van der Waals surface area contributed by atoms with E-state index in [2.05, 4.69) is 36.6 Å². The molecule has 0 aliphatic rings. The molecule has 4 N–H and O–H groups in total. The number of benzene rings is 1. The predicted molar refractivity (Wildman–Crippen MR) is 72.0 cm³/mol. The van der Waals surface area contributed by atoms with Crippen molar-refractivity contribution in [3.63, 3.8) is 0 Å². The monoisotopic (exact) mass is 311 g/mol. The molecule has 1 aromatic carbocycles. The Bertz CT molecular complexity index is 575. The standard InChI is InChI=1S/C11H11BrFN5/c1-6-2-8(13)7(12)3-9(6)17-10-4-11(18-14)16-5-15-10/h2-5H,14H2,1H3,(H2,15,16,17,18). The second-order valence-corrected chi connectivity index (χ2v) is 4.49. The first-order chi connectivity index (χ1) is 8.60. The maximum absolute atomic E-state index is 13.3. The summed E-state index contributed by atoms with van der Waals surface area (Å²) in [4.78, 5) is 7.95. The number of aromatic nitrogens is 2. The van der Waals surface area contributed by atoms with Crippen molar-refractivity contribution < 1.29 is 4.39 Å². The molecule has 0 radical (unpaired) electrons. The van der Waals surface area contributed by atoms with Gasteiger partial charge in [-0.2, -0.15) is 0 Å². The molecule has 0 amide bonds. The first-order valence-corrected chi connectivity index (χ1v) is 5.91. The molecule has 94 valence electrons. The lowest BCUT2D eigenvalue weighted by molar-refractivity contribution is 0.620. The fourth-order valence-electron chi connectivity index (χ4n) is 1.42. The van der Waals surface area contributed by atoms with E-state index in [1.165, 1.54) is 12.4 Å². The maximum atomic E-state index is 13.3. The van der Waals surface area contributed by atoms with Gasteiger partial charge in [-0.25, -0.2) is 20.2 Å². The first-order valence-electron chi connectivity index (χ1n) is 5.11. The van der Waals surface area contributed by atoms with Crippen LogP contribution in [0.5, 0.6) is 0 Å². The van der Waals surface area contributed by atoms with E-state index in [0.29, 0.717) is 16.1 Å². The Morgan fingerprint density at radius 2 is 1.94 bits per heavy atom. The van der Waals surface area contributed by atoms with Gasteiger partial charge in [0.2, 0.25) is 0 Å². The van der Waals surface area contributed by atoms with Gasteiger partial charge in [0, 0.05) is 11.8 Å². The number of hydrazine groups is 1. The molecule has 2 aromatic rings. The minimum absolute atomic E-state index is 0.301. The molecule has 0 saturated heterocycles. The van der Waals surface area contributed by atoms with Gasteiger partial charge in [0.25, 0.3) is 0 Å². The van der Waals surface area contributed by atoms with E-state index < -0.39 is 0 Å². The molecule has 5 nitrogen and oxygen atoms in total. The number of aryl methyl sites for hydroxylation is 1. The molecule has 0 fully saturated rings. The van der Waals surface area contributed by atoms with Gasteiger partial charge in [-0.15, -0.1) is 0 Å². The van der Waals surface area contributed by atoms with E-state index >= 15 is 0 Å². The van der Waals surface area contributed by atoms with Crippen LogP contribution in [-0.4, -0.2) is 9.97 Å². The summed E-state index contributed by atoms with van der Waals surface area (Å²) in [5.74, 6) is 6.02. The fourth-order valence-corrected chi connectivity index (χ4v) is 1.77. The van der Waals surface area contributed by atoms with E-state index in [-0.39, 0.29) is 5.82 Å². The highest BCUT2D eigenvalue weighted by Gasteiger charge is 2.06. The van der Waals surface area contributed by atoms with E-state index in [1.54, 1.807) is 19.1 Å². The molecular formula is C11H11BrFN5. The lowest BCUT2D eigenvalue weighted by atomic mass is 10.2. The minimum Gasteiger partial charge on any atom is -0.340 e. The smallest absolute Gasteiger partial charge is 0.145 e. The summed E-state index contributed by atoms with van der Waals surface area (Å²) in [6.07, 6.45) is 1.38. The van der Waals surface area contributed by atoms with E-state index in [4.69, 9.17) is 5.84 Å². The topological polar surface area (TPSA) is 75.9 Å². The predicted octanol–water partition coefficient (Wildman–Crippen LogP) is 2.72. The van der Waals surface area contributed by atoms with E-state index in [1.807, 2.05) is 0 Å². The van der Waals surface area contributed by atoms with Gasteiger partial charge in [-0.3, -0.25) is 0 Å². The molecule has 0 saturated carbocycles. The van der Waals surface area contributed by atoms with Gasteiger partial charge < -0.3 is 10.7 Å². The average Bonchev–Trinajstić information content (AvgIpc) is 2.36. The number of hydrogen-bond acceptors (Lipinski definition) is 5. The molecular weight excluding hydrogens is 301 g/mol. The summed E-state index contributed by atoms with van der Waals surface area (Å²) in [5, 5.41) is 3.07. The van der Waals surface area contributed by atoms with Crippen LogP contribution in [-0.2, 0) is 0 Å². The minimum atomic E-state index is -0.301.